The van der Waals surface area contributed by atoms with Crippen molar-refractivity contribution in [3.63, 3.8) is 0 Å². The lowest BCUT2D eigenvalue weighted by Gasteiger charge is -2.22. The summed E-state index contributed by atoms with van der Waals surface area (Å²) >= 11 is 0. The second kappa shape index (κ2) is 7.56. The van der Waals surface area contributed by atoms with Gasteiger partial charge < -0.3 is 5.32 Å². The van der Waals surface area contributed by atoms with Gasteiger partial charge in [0.15, 0.2) is 0 Å². The molecule has 2 atom stereocenters. The first-order valence-electron chi connectivity index (χ1n) is 9.52. The molecule has 0 radical (unpaired) electrons. The quantitative estimate of drug-likeness (QED) is 0.846. The van der Waals surface area contributed by atoms with Gasteiger partial charge in [-0.05, 0) is 55.5 Å². The van der Waals surface area contributed by atoms with E-state index in [4.69, 9.17) is 0 Å². The van der Waals surface area contributed by atoms with Gasteiger partial charge in [0.25, 0.3) is 0 Å². The Bertz CT molecular complexity index is 878. The molecule has 2 fully saturated rings. The fraction of sp³-hybridized carbons (Fsp3) is 0.450. The minimum Gasteiger partial charge on any atom is -0.367 e. The summed E-state index contributed by atoms with van der Waals surface area (Å²) in [5.74, 6) is 0.757. The summed E-state index contributed by atoms with van der Waals surface area (Å²) in [7, 11) is -3.43. The number of aromatic nitrogens is 1. The van der Waals surface area contributed by atoms with Gasteiger partial charge in [-0.2, -0.15) is 4.31 Å². The molecule has 0 bridgehead atoms. The normalized spacial score (nSPS) is 23.6. The molecule has 0 amide bonds. The average molecular weight is 389 g/mol. The van der Waals surface area contributed by atoms with E-state index in [9.17, 15) is 12.8 Å². The van der Waals surface area contributed by atoms with Crippen LogP contribution in [0.4, 0.5) is 10.2 Å². The zero-order valence-corrected chi connectivity index (χ0v) is 16.0. The minimum atomic E-state index is -3.43. The van der Waals surface area contributed by atoms with Gasteiger partial charge in [-0.3, -0.25) is 0 Å². The molecule has 2 aromatic rings. The lowest BCUT2D eigenvalue weighted by molar-refractivity contribution is 0.477. The van der Waals surface area contributed by atoms with E-state index in [0.29, 0.717) is 24.8 Å². The number of hydrogen-bond donors (Lipinski definition) is 1. The average Bonchev–Trinajstić information content (AvgIpc) is 3.35. The number of sulfonamides is 1. The number of halogens is 1. The highest BCUT2D eigenvalue weighted by molar-refractivity contribution is 7.89. The van der Waals surface area contributed by atoms with Crippen molar-refractivity contribution in [1.82, 2.24) is 9.29 Å². The number of pyridine rings is 1. The van der Waals surface area contributed by atoms with Crippen LogP contribution >= 0.6 is 0 Å². The van der Waals surface area contributed by atoms with Gasteiger partial charge in [-0.25, -0.2) is 17.8 Å². The van der Waals surface area contributed by atoms with E-state index in [-0.39, 0.29) is 16.8 Å². The van der Waals surface area contributed by atoms with Crippen LogP contribution in [0.5, 0.6) is 0 Å². The molecule has 1 aliphatic carbocycles. The molecule has 2 heterocycles. The Kier molecular flexibility index (Phi) is 5.14. The summed E-state index contributed by atoms with van der Waals surface area (Å²) in [6.45, 7) is 1.17. The van der Waals surface area contributed by atoms with Crippen molar-refractivity contribution in [2.75, 3.05) is 18.4 Å². The van der Waals surface area contributed by atoms with Crippen LogP contribution in [0.25, 0.3) is 0 Å². The van der Waals surface area contributed by atoms with E-state index in [0.717, 1.165) is 37.7 Å². The zero-order valence-electron chi connectivity index (χ0n) is 15.1. The van der Waals surface area contributed by atoms with Crippen LogP contribution < -0.4 is 5.32 Å². The summed E-state index contributed by atoms with van der Waals surface area (Å²) in [5.41, 5.74) is 1.12. The Balaban J connectivity index is 1.47. The molecule has 4 rings (SSSR count). The van der Waals surface area contributed by atoms with Crippen LogP contribution in [0.1, 0.15) is 43.6 Å². The Morgan fingerprint density at radius 1 is 1.00 bits per heavy atom. The van der Waals surface area contributed by atoms with Crippen molar-refractivity contribution in [3.8, 4) is 0 Å². The maximum absolute atomic E-state index is 13.2. The molecule has 144 valence electrons. The monoisotopic (exact) mass is 389 g/mol. The van der Waals surface area contributed by atoms with Crippen LogP contribution in [0, 0.1) is 5.82 Å². The predicted molar refractivity (Wildman–Crippen MR) is 103 cm³/mol. The third-order valence-electron chi connectivity index (χ3n) is 5.59. The number of hydrogen-bond acceptors (Lipinski definition) is 4. The van der Waals surface area contributed by atoms with E-state index >= 15 is 0 Å². The molecule has 2 aliphatic rings. The summed E-state index contributed by atoms with van der Waals surface area (Å²) in [6.07, 6.45) is 6.43. The molecule has 5 nitrogen and oxygen atoms in total. The Labute approximate surface area is 159 Å². The molecule has 7 heteroatoms. The van der Waals surface area contributed by atoms with Crippen molar-refractivity contribution >= 4 is 15.8 Å². The molecule has 0 spiro atoms. The number of nitrogens with one attached hydrogen (secondary N) is 1. The molecule has 2 unspecified atom stereocenters. The van der Waals surface area contributed by atoms with Crippen molar-refractivity contribution in [2.24, 2.45) is 0 Å². The van der Waals surface area contributed by atoms with Gasteiger partial charge in [-0.15, -0.1) is 0 Å². The second-order valence-electron chi connectivity index (χ2n) is 7.33. The highest BCUT2D eigenvalue weighted by atomic mass is 32.2. The number of anilines is 1. The van der Waals surface area contributed by atoms with E-state index in [1.165, 1.54) is 22.6 Å². The van der Waals surface area contributed by atoms with E-state index < -0.39 is 10.0 Å². The molecule has 1 saturated heterocycles. The van der Waals surface area contributed by atoms with Gasteiger partial charge in [-0.1, -0.05) is 18.6 Å². The number of benzene rings is 1. The van der Waals surface area contributed by atoms with Crippen LogP contribution in [-0.4, -0.2) is 36.8 Å². The van der Waals surface area contributed by atoms with Crippen molar-refractivity contribution in [3.05, 3.63) is 54.0 Å². The molecule has 1 saturated carbocycles. The van der Waals surface area contributed by atoms with Gasteiger partial charge in [0.05, 0.1) is 0 Å². The number of nitrogens with zero attached hydrogens (tertiary/aromatic N) is 2. The minimum absolute atomic E-state index is 0.212. The third-order valence-corrected chi connectivity index (χ3v) is 7.47. The summed E-state index contributed by atoms with van der Waals surface area (Å²) in [5, 5.41) is 3.44. The lowest BCUT2D eigenvalue weighted by Crippen LogP contribution is -2.28. The highest BCUT2D eigenvalue weighted by Gasteiger charge is 2.30. The molecular weight excluding hydrogens is 365 g/mol. The topological polar surface area (TPSA) is 62.3 Å². The van der Waals surface area contributed by atoms with Crippen molar-refractivity contribution < 1.29 is 12.8 Å². The van der Waals surface area contributed by atoms with Gasteiger partial charge in [0, 0.05) is 31.2 Å². The van der Waals surface area contributed by atoms with Crippen LogP contribution in [0.2, 0.25) is 0 Å². The Hall–Kier alpha value is -1.99. The smallest absolute Gasteiger partial charge is 0.244 e. The largest absolute Gasteiger partial charge is 0.367 e. The Morgan fingerprint density at radius 2 is 1.74 bits per heavy atom. The third kappa shape index (κ3) is 3.84. The van der Waals surface area contributed by atoms with Crippen LogP contribution in [0.15, 0.2) is 47.5 Å². The van der Waals surface area contributed by atoms with Gasteiger partial charge in [0.2, 0.25) is 10.0 Å². The van der Waals surface area contributed by atoms with E-state index in [2.05, 4.69) is 10.3 Å². The standard InChI is InChI=1S/C20H24FN3O2S/c21-16-8-6-15(7-9-16)18-4-3-5-19(18)23-20-11-10-17(14-22-20)27(25,26)24-12-1-2-13-24/h6-11,14,18-19H,1-5,12-13H2,(H,22,23). The molecule has 1 aromatic heterocycles. The summed E-state index contributed by atoms with van der Waals surface area (Å²) < 4.78 is 39.9. The van der Waals surface area contributed by atoms with Gasteiger partial charge >= 0.3 is 0 Å². The van der Waals surface area contributed by atoms with Crippen molar-refractivity contribution in [1.29, 1.82) is 0 Å². The fourth-order valence-electron chi connectivity index (χ4n) is 4.13. The molecule has 1 aliphatic heterocycles. The lowest BCUT2D eigenvalue weighted by atomic mass is 9.94. The molecule has 27 heavy (non-hydrogen) atoms. The van der Waals surface area contributed by atoms with E-state index in [1.54, 1.807) is 12.1 Å². The van der Waals surface area contributed by atoms with Gasteiger partial charge in [0.1, 0.15) is 16.5 Å². The summed E-state index contributed by atoms with van der Waals surface area (Å²) in [4.78, 5) is 4.59. The van der Waals surface area contributed by atoms with E-state index in [1.807, 2.05) is 12.1 Å². The number of rotatable bonds is 5. The molecule has 1 aromatic carbocycles. The Morgan fingerprint density at radius 3 is 2.41 bits per heavy atom. The maximum atomic E-state index is 13.2. The van der Waals surface area contributed by atoms with Crippen LogP contribution in [-0.2, 0) is 10.0 Å². The zero-order chi connectivity index (χ0) is 18.9. The highest BCUT2D eigenvalue weighted by Crippen LogP contribution is 2.36. The predicted octanol–water partition coefficient (Wildman–Crippen LogP) is 3.75. The molecular formula is C20H24FN3O2S. The molecule has 1 N–H and O–H groups in total. The first-order chi connectivity index (χ1) is 13.0. The summed E-state index contributed by atoms with van der Waals surface area (Å²) in [6, 6.07) is 10.3. The fourth-order valence-corrected chi connectivity index (χ4v) is 5.59. The SMILES string of the molecule is O=S(=O)(c1ccc(NC2CCCC2c2ccc(F)cc2)nc1)N1CCCC1. The maximum Gasteiger partial charge on any atom is 0.244 e. The first-order valence-corrected chi connectivity index (χ1v) is 11.0. The second-order valence-corrected chi connectivity index (χ2v) is 9.27. The first kappa shape index (κ1) is 18.4. The van der Waals surface area contributed by atoms with Crippen LogP contribution in [0.3, 0.4) is 0 Å². The van der Waals surface area contributed by atoms with Crippen molar-refractivity contribution in [2.45, 2.75) is 49.0 Å².